The summed E-state index contributed by atoms with van der Waals surface area (Å²) in [6, 6.07) is 5.18. The number of aromatic nitrogens is 2. The lowest BCUT2D eigenvalue weighted by atomic mass is 9.77. The molecule has 1 aliphatic carbocycles. The van der Waals surface area contributed by atoms with E-state index < -0.39 is 5.54 Å². The Morgan fingerprint density at radius 3 is 2.67 bits per heavy atom. The van der Waals surface area contributed by atoms with E-state index in [1.165, 1.54) is 6.42 Å². The Balaban J connectivity index is 1.92. The Labute approximate surface area is 133 Å². The van der Waals surface area contributed by atoms with Crippen LogP contribution in [0, 0.1) is 5.92 Å². The summed E-state index contributed by atoms with van der Waals surface area (Å²) in [6.07, 6.45) is 4.02. The molecule has 1 aromatic carbocycles. The van der Waals surface area contributed by atoms with Crippen LogP contribution in [0.1, 0.15) is 38.5 Å². The zero-order chi connectivity index (χ0) is 15.0. The normalized spacial score (nSPS) is 26.0. The summed E-state index contributed by atoms with van der Waals surface area (Å²) < 4.78 is 5.42. The first-order valence-electron chi connectivity index (χ1n) is 7.06. The van der Waals surface area contributed by atoms with Gasteiger partial charge < -0.3 is 10.3 Å². The van der Waals surface area contributed by atoms with Crippen LogP contribution in [0.4, 0.5) is 0 Å². The van der Waals surface area contributed by atoms with Gasteiger partial charge in [0.1, 0.15) is 0 Å². The molecule has 2 atom stereocenters. The average Bonchev–Trinajstić information content (AvgIpc) is 2.87. The van der Waals surface area contributed by atoms with Gasteiger partial charge in [-0.2, -0.15) is 4.98 Å². The molecule has 2 aromatic rings. The van der Waals surface area contributed by atoms with E-state index in [-0.39, 0.29) is 0 Å². The number of hydrogen-bond acceptors (Lipinski definition) is 4. The fourth-order valence-corrected chi connectivity index (χ4v) is 3.54. The SMILES string of the molecule is CC1CCCC(N)(c2nc(-c3cc(Cl)cc(Cl)c3)no2)C1. The molecule has 0 bridgehead atoms. The van der Waals surface area contributed by atoms with E-state index in [0.717, 1.165) is 24.8 Å². The average molecular weight is 326 g/mol. The van der Waals surface area contributed by atoms with Crippen molar-refractivity contribution in [2.24, 2.45) is 11.7 Å². The van der Waals surface area contributed by atoms with Crippen molar-refractivity contribution in [3.05, 3.63) is 34.1 Å². The predicted molar refractivity (Wildman–Crippen MR) is 83.3 cm³/mol. The molecule has 21 heavy (non-hydrogen) atoms. The first-order valence-corrected chi connectivity index (χ1v) is 7.81. The number of benzene rings is 1. The third-order valence-electron chi connectivity index (χ3n) is 4.01. The Morgan fingerprint density at radius 1 is 1.29 bits per heavy atom. The molecular weight excluding hydrogens is 309 g/mol. The zero-order valence-corrected chi connectivity index (χ0v) is 13.3. The van der Waals surface area contributed by atoms with Gasteiger partial charge in [0.15, 0.2) is 0 Å². The highest BCUT2D eigenvalue weighted by molar-refractivity contribution is 6.35. The van der Waals surface area contributed by atoms with Crippen molar-refractivity contribution in [2.45, 2.75) is 38.1 Å². The van der Waals surface area contributed by atoms with Crippen molar-refractivity contribution in [1.29, 1.82) is 0 Å². The van der Waals surface area contributed by atoms with E-state index in [2.05, 4.69) is 17.1 Å². The number of nitrogens with zero attached hydrogens (tertiary/aromatic N) is 2. The van der Waals surface area contributed by atoms with Gasteiger partial charge in [-0.25, -0.2) is 0 Å². The predicted octanol–water partition coefficient (Wildman–Crippen LogP) is 4.41. The fourth-order valence-electron chi connectivity index (χ4n) is 3.01. The van der Waals surface area contributed by atoms with Crippen molar-refractivity contribution in [2.75, 3.05) is 0 Å². The minimum Gasteiger partial charge on any atom is -0.337 e. The first kappa shape index (κ1) is 14.8. The highest BCUT2D eigenvalue weighted by atomic mass is 35.5. The molecule has 0 amide bonds. The van der Waals surface area contributed by atoms with Gasteiger partial charge in [-0.3, -0.25) is 0 Å². The lowest BCUT2D eigenvalue weighted by molar-refractivity contribution is 0.183. The quantitative estimate of drug-likeness (QED) is 0.888. The van der Waals surface area contributed by atoms with Gasteiger partial charge in [-0.1, -0.05) is 48.1 Å². The van der Waals surface area contributed by atoms with E-state index in [1.807, 2.05) is 0 Å². The van der Waals surface area contributed by atoms with Crippen LogP contribution in [0.25, 0.3) is 11.4 Å². The molecule has 112 valence electrons. The Bertz CT molecular complexity index is 638. The summed E-state index contributed by atoms with van der Waals surface area (Å²) in [5.41, 5.74) is 6.68. The number of nitrogens with two attached hydrogens (primary N) is 1. The molecule has 2 unspecified atom stereocenters. The van der Waals surface area contributed by atoms with Gasteiger partial charge in [0.25, 0.3) is 0 Å². The molecule has 1 aromatic heterocycles. The Morgan fingerprint density at radius 2 is 2.00 bits per heavy atom. The molecule has 4 nitrogen and oxygen atoms in total. The molecule has 2 N–H and O–H groups in total. The van der Waals surface area contributed by atoms with E-state index >= 15 is 0 Å². The molecule has 3 rings (SSSR count). The number of hydrogen-bond donors (Lipinski definition) is 1. The van der Waals surface area contributed by atoms with E-state index in [1.54, 1.807) is 18.2 Å². The Hall–Kier alpha value is -1.10. The summed E-state index contributed by atoms with van der Waals surface area (Å²) >= 11 is 12.0. The first-order chi connectivity index (χ1) is 9.96. The summed E-state index contributed by atoms with van der Waals surface area (Å²) in [5, 5.41) is 5.11. The third-order valence-corrected chi connectivity index (χ3v) is 4.44. The second kappa shape index (κ2) is 5.59. The summed E-state index contributed by atoms with van der Waals surface area (Å²) in [5.74, 6) is 1.54. The van der Waals surface area contributed by atoms with Crippen molar-refractivity contribution in [1.82, 2.24) is 10.1 Å². The van der Waals surface area contributed by atoms with Crippen molar-refractivity contribution < 1.29 is 4.52 Å². The third kappa shape index (κ3) is 3.07. The van der Waals surface area contributed by atoms with Gasteiger partial charge in [0, 0.05) is 15.6 Å². The summed E-state index contributed by atoms with van der Waals surface area (Å²) in [6.45, 7) is 2.20. The maximum Gasteiger partial charge on any atom is 0.247 e. The van der Waals surface area contributed by atoms with E-state index in [9.17, 15) is 0 Å². The maximum atomic E-state index is 6.47. The van der Waals surface area contributed by atoms with Crippen molar-refractivity contribution in [3.8, 4) is 11.4 Å². The molecule has 1 aliphatic rings. The molecule has 0 radical (unpaired) electrons. The van der Waals surface area contributed by atoms with Crippen molar-refractivity contribution >= 4 is 23.2 Å². The molecule has 6 heteroatoms. The minimum absolute atomic E-state index is 0.470. The second-order valence-electron chi connectivity index (χ2n) is 5.94. The highest BCUT2D eigenvalue weighted by Gasteiger charge is 2.37. The van der Waals surface area contributed by atoms with Crippen molar-refractivity contribution in [3.63, 3.8) is 0 Å². The minimum atomic E-state index is -0.523. The lowest BCUT2D eigenvalue weighted by Crippen LogP contribution is -2.41. The zero-order valence-electron chi connectivity index (χ0n) is 11.8. The molecule has 0 saturated heterocycles. The summed E-state index contributed by atoms with van der Waals surface area (Å²) in [7, 11) is 0. The van der Waals surface area contributed by atoms with E-state index in [0.29, 0.717) is 27.7 Å². The van der Waals surface area contributed by atoms with Gasteiger partial charge in [-0.05, 0) is 37.0 Å². The van der Waals surface area contributed by atoms with Crippen LogP contribution >= 0.6 is 23.2 Å². The Kier molecular flexibility index (Phi) is 3.95. The topological polar surface area (TPSA) is 64.9 Å². The second-order valence-corrected chi connectivity index (χ2v) is 6.81. The maximum absolute atomic E-state index is 6.47. The van der Waals surface area contributed by atoms with Gasteiger partial charge >= 0.3 is 0 Å². The molecule has 0 spiro atoms. The molecular formula is C15H17Cl2N3O. The molecule has 1 fully saturated rings. The highest BCUT2D eigenvalue weighted by Crippen LogP contribution is 2.37. The fraction of sp³-hybridized carbons (Fsp3) is 0.467. The number of rotatable bonds is 2. The van der Waals surface area contributed by atoms with Crippen LogP contribution in [0.2, 0.25) is 10.0 Å². The largest absolute Gasteiger partial charge is 0.337 e. The monoisotopic (exact) mass is 325 g/mol. The molecule has 1 heterocycles. The van der Waals surface area contributed by atoms with Crippen LogP contribution < -0.4 is 5.73 Å². The van der Waals surface area contributed by atoms with E-state index in [4.69, 9.17) is 33.5 Å². The molecule has 0 aliphatic heterocycles. The van der Waals surface area contributed by atoms with Gasteiger partial charge in [-0.15, -0.1) is 0 Å². The van der Waals surface area contributed by atoms with Crippen LogP contribution in [-0.4, -0.2) is 10.1 Å². The lowest BCUT2D eigenvalue weighted by Gasteiger charge is -2.33. The molecule has 1 saturated carbocycles. The van der Waals surface area contributed by atoms with Gasteiger partial charge in [0.2, 0.25) is 11.7 Å². The summed E-state index contributed by atoms with van der Waals surface area (Å²) in [4.78, 5) is 4.47. The smallest absolute Gasteiger partial charge is 0.247 e. The van der Waals surface area contributed by atoms with Crippen LogP contribution in [0.15, 0.2) is 22.7 Å². The van der Waals surface area contributed by atoms with Crippen LogP contribution in [-0.2, 0) is 5.54 Å². The van der Waals surface area contributed by atoms with Gasteiger partial charge in [0.05, 0.1) is 5.54 Å². The van der Waals surface area contributed by atoms with Crippen LogP contribution in [0.5, 0.6) is 0 Å². The van der Waals surface area contributed by atoms with Crippen LogP contribution in [0.3, 0.4) is 0 Å². The standard InChI is InChI=1S/C15H17Cl2N3O/c1-9-3-2-4-15(18,8-9)14-19-13(20-21-14)10-5-11(16)7-12(17)6-10/h5-7,9H,2-4,8,18H2,1H3. The number of halogens is 2.